The molecule has 1 unspecified atom stereocenters. The maximum absolute atomic E-state index is 13.5. The average Bonchev–Trinajstić information content (AvgIpc) is 3.12. The summed E-state index contributed by atoms with van der Waals surface area (Å²) in [5.41, 5.74) is 3.31. The van der Waals surface area contributed by atoms with Crippen LogP contribution < -0.4 is 14.2 Å². The fraction of sp³-hybridized carbons (Fsp3) is 0.400. The van der Waals surface area contributed by atoms with Crippen LogP contribution in [0.1, 0.15) is 40.0 Å². The molecule has 2 aromatic heterocycles. The quantitative estimate of drug-likeness (QED) is 0.220. The number of benzene rings is 2. The molecule has 2 aliphatic heterocycles. The molecule has 0 radical (unpaired) electrons. The molecule has 11 nitrogen and oxygen atoms in total. The van der Waals surface area contributed by atoms with Gasteiger partial charge in [0.1, 0.15) is 5.69 Å². The third-order valence-corrected chi connectivity index (χ3v) is 8.75. The van der Waals surface area contributed by atoms with E-state index in [1.807, 2.05) is 24.0 Å². The van der Waals surface area contributed by atoms with Crippen molar-refractivity contribution in [3.05, 3.63) is 102 Å². The van der Waals surface area contributed by atoms with Crippen LogP contribution in [0, 0.1) is 0 Å². The maximum atomic E-state index is 13.5. The first-order valence-corrected chi connectivity index (χ1v) is 16.1. The van der Waals surface area contributed by atoms with Gasteiger partial charge in [-0.2, -0.15) is 9.97 Å². The Morgan fingerprint density at radius 1 is 0.917 bits per heavy atom. The van der Waals surface area contributed by atoms with Crippen LogP contribution in [0.15, 0.2) is 79.3 Å². The summed E-state index contributed by atoms with van der Waals surface area (Å²) in [6.45, 7) is 4.72. The van der Waals surface area contributed by atoms with Gasteiger partial charge in [-0.15, -0.1) is 0 Å². The summed E-state index contributed by atoms with van der Waals surface area (Å²) >= 11 is 0. The summed E-state index contributed by atoms with van der Waals surface area (Å²) in [4.78, 5) is 37.2. The molecule has 13 heteroatoms. The van der Waals surface area contributed by atoms with Gasteiger partial charge in [0.2, 0.25) is 11.8 Å². The Morgan fingerprint density at radius 2 is 1.62 bits per heavy atom. The minimum atomic E-state index is -2.68. The molecular formula is C35H39F2N7O4. The Labute approximate surface area is 278 Å². The zero-order valence-electron chi connectivity index (χ0n) is 27.0. The lowest BCUT2D eigenvalue weighted by Crippen LogP contribution is -2.67. The van der Waals surface area contributed by atoms with Gasteiger partial charge in [0.15, 0.2) is 6.61 Å². The van der Waals surface area contributed by atoms with Crippen molar-refractivity contribution in [3.8, 4) is 17.8 Å². The monoisotopic (exact) mass is 659 g/mol. The molecule has 0 spiro atoms. The summed E-state index contributed by atoms with van der Waals surface area (Å²) in [5.74, 6) is 0.308. The zero-order valence-corrected chi connectivity index (χ0v) is 27.0. The summed E-state index contributed by atoms with van der Waals surface area (Å²) in [6.07, 6.45) is 1.90. The van der Waals surface area contributed by atoms with E-state index in [9.17, 15) is 13.6 Å². The predicted octanol–water partition coefficient (Wildman–Crippen LogP) is 4.16. The van der Waals surface area contributed by atoms with Gasteiger partial charge in [0.05, 0.1) is 25.5 Å². The van der Waals surface area contributed by atoms with Crippen LogP contribution in [-0.4, -0.2) is 112 Å². The number of nitrogens with zero attached hydrogens (tertiary/aromatic N) is 7. The highest BCUT2D eigenvalue weighted by molar-refractivity contribution is 5.92. The van der Waals surface area contributed by atoms with E-state index in [2.05, 4.69) is 78.3 Å². The Balaban J connectivity index is 1.36. The summed E-state index contributed by atoms with van der Waals surface area (Å²) in [5, 5.41) is 0. The van der Waals surface area contributed by atoms with Gasteiger partial charge >= 0.3 is 6.01 Å². The standard InChI is InChI=1S/C35H39F2N7O4/c1-3-47-33-27(32(46-2)40-35(41-33)48-23-30(36)37)21-42-19-26-20-43(34(45)28-18-38-14-15-39-28)16-17-44(26)29(22-42)31(24-10-6-4-7-11-24)25-12-8-5-9-13-25/h4-15,18,26,29-31H,3,16-17,19-23H2,1-2H3/t26-,29?/m1/s1. The van der Waals surface area contributed by atoms with Gasteiger partial charge in [-0.3, -0.25) is 19.6 Å². The molecule has 2 saturated heterocycles. The second-order valence-electron chi connectivity index (χ2n) is 11.7. The van der Waals surface area contributed by atoms with E-state index >= 15 is 0 Å². The number of hydrogen-bond acceptors (Lipinski definition) is 10. The van der Waals surface area contributed by atoms with Crippen LogP contribution in [0.3, 0.4) is 0 Å². The SMILES string of the molecule is CCOc1nc(OCC(F)F)nc(OC)c1CN1CC(C(c2ccccc2)c2ccccc2)N2CCN(C(=O)c3cnccn3)C[C@H]2C1. The van der Waals surface area contributed by atoms with Crippen molar-refractivity contribution in [3.63, 3.8) is 0 Å². The van der Waals surface area contributed by atoms with E-state index in [1.165, 1.54) is 30.6 Å². The second kappa shape index (κ2) is 15.4. The van der Waals surface area contributed by atoms with Crippen molar-refractivity contribution in [2.24, 2.45) is 0 Å². The number of ether oxygens (including phenoxy) is 3. The summed E-state index contributed by atoms with van der Waals surface area (Å²) in [7, 11) is 1.47. The van der Waals surface area contributed by atoms with Crippen LogP contribution in [0.5, 0.6) is 17.8 Å². The van der Waals surface area contributed by atoms with E-state index in [0.29, 0.717) is 57.1 Å². The van der Waals surface area contributed by atoms with Crippen molar-refractivity contribution in [2.75, 3.05) is 53.0 Å². The number of carbonyl (C=O) groups is 1. The van der Waals surface area contributed by atoms with Crippen LogP contribution in [0.2, 0.25) is 0 Å². The van der Waals surface area contributed by atoms with Gasteiger partial charge < -0.3 is 19.1 Å². The molecule has 4 heterocycles. The number of aromatic nitrogens is 4. The minimum absolute atomic E-state index is 0.0100. The Morgan fingerprint density at radius 3 is 2.25 bits per heavy atom. The predicted molar refractivity (Wildman–Crippen MR) is 173 cm³/mol. The smallest absolute Gasteiger partial charge is 0.323 e. The molecule has 2 atom stereocenters. The molecule has 252 valence electrons. The molecule has 0 aliphatic carbocycles. The first-order chi connectivity index (χ1) is 23.4. The Kier molecular flexibility index (Phi) is 10.7. The fourth-order valence-electron chi connectivity index (χ4n) is 6.76. The number of methoxy groups -OCH3 is 1. The van der Waals surface area contributed by atoms with Crippen molar-refractivity contribution in [2.45, 2.75) is 37.9 Å². The summed E-state index contributed by atoms with van der Waals surface area (Å²) in [6, 6.07) is 20.8. The third kappa shape index (κ3) is 7.52. The van der Waals surface area contributed by atoms with E-state index in [-0.39, 0.29) is 41.7 Å². The van der Waals surface area contributed by atoms with Crippen molar-refractivity contribution < 1.29 is 27.8 Å². The minimum Gasteiger partial charge on any atom is -0.481 e. The first kappa shape index (κ1) is 33.2. The van der Waals surface area contributed by atoms with E-state index in [0.717, 1.165) is 0 Å². The van der Waals surface area contributed by atoms with Crippen LogP contribution in [0.25, 0.3) is 0 Å². The highest BCUT2D eigenvalue weighted by Crippen LogP contribution is 2.37. The molecule has 2 aliphatic rings. The average molecular weight is 660 g/mol. The molecule has 2 fully saturated rings. The fourth-order valence-corrected chi connectivity index (χ4v) is 6.76. The van der Waals surface area contributed by atoms with Crippen molar-refractivity contribution in [1.29, 1.82) is 0 Å². The number of fused-ring (bicyclic) bond motifs is 1. The van der Waals surface area contributed by atoms with Crippen LogP contribution >= 0.6 is 0 Å². The normalized spacial score (nSPS) is 18.5. The van der Waals surface area contributed by atoms with Gasteiger partial charge in [-0.05, 0) is 18.1 Å². The van der Waals surface area contributed by atoms with Crippen LogP contribution in [-0.2, 0) is 6.54 Å². The van der Waals surface area contributed by atoms with E-state index < -0.39 is 13.0 Å². The van der Waals surface area contributed by atoms with Gasteiger partial charge in [-0.25, -0.2) is 13.8 Å². The number of hydrogen-bond donors (Lipinski definition) is 0. The first-order valence-electron chi connectivity index (χ1n) is 16.1. The molecule has 48 heavy (non-hydrogen) atoms. The molecule has 0 bridgehead atoms. The number of alkyl halides is 2. The number of carbonyl (C=O) groups excluding carboxylic acids is 1. The lowest BCUT2D eigenvalue weighted by Gasteiger charge is -2.53. The van der Waals surface area contributed by atoms with Gasteiger partial charge in [-0.1, -0.05) is 60.7 Å². The van der Waals surface area contributed by atoms with Gasteiger partial charge in [0.25, 0.3) is 12.3 Å². The van der Waals surface area contributed by atoms with Gasteiger partial charge in [0, 0.05) is 69.7 Å². The van der Waals surface area contributed by atoms with E-state index in [1.54, 1.807) is 6.20 Å². The lowest BCUT2D eigenvalue weighted by molar-refractivity contribution is -0.0293. The highest BCUT2D eigenvalue weighted by atomic mass is 19.3. The van der Waals surface area contributed by atoms with E-state index in [4.69, 9.17) is 14.2 Å². The van der Waals surface area contributed by atoms with Crippen LogP contribution in [0.4, 0.5) is 8.78 Å². The molecule has 0 N–H and O–H groups in total. The largest absolute Gasteiger partial charge is 0.481 e. The second-order valence-corrected chi connectivity index (χ2v) is 11.7. The third-order valence-electron chi connectivity index (χ3n) is 8.75. The summed E-state index contributed by atoms with van der Waals surface area (Å²) < 4.78 is 42.5. The molecule has 1 amide bonds. The number of rotatable bonds is 12. The topological polar surface area (TPSA) is 106 Å². The maximum Gasteiger partial charge on any atom is 0.323 e. The van der Waals surface area contributed by atoms with Crippen molar-refractivity contribution in [1.82, 2.24) is 34.6 Å². The molecule has 2 aromatic carbocycles. The molecular weight excluding hydrogens is 620 g/mol. The lowest BCUT2D eigenvalue weighted by atomic mass is 9.81. The Bertz CT molecular complexity index is 1600. The number of amides is 1. The number of halogens is 2. The number of piperazine rings is 2. The molecule has 6 rings (SSSR count). The zero-order chi connectivity index (χ0) is 33.5. The Hall–Kier alpha value is -4.75. The molecule has 0 saturated carbocycles. The van der Waals surface area contributed by atoms with Crippen molar-refractivity contribution >= 4 is 5.91 Å². The highest BCUT2D eigenvalue weighted by Gasteiger charge is 2.43. The molecule has 4 aromatic rings.